The fraction of sp³-hybridized carbons (Fsp3) is 0. The summed E-state index contributed by atoms with van der Waals surface area (Å²) in [6.07, 6.45) is 3.21. The van der Waals surface area contributed by atoms with E-state index in [-0.39, 0.29) is 0 Å². The highest BCUT2D eigenvalue weighted by molar-refractivity contribution is 5.78. The van der Waals surface area contributed by atoms with E-state index in [2.05, 4.69) is 9.83 Å². The van der Waals surface area contributed by atoms with Crippen LogP contribution in [0, 0.1) is 6.57 Å². The molecule has 0 bridgehead atoms. The van der Waals surface area contributed by atoms with Gasteiger partial charge in [0, 0.05) is 6.07 Å². The summed E-state index contributed by atoms with van der Waals surface area (Å²) in [5, 5.41) is 0.928. The van der Waals surface area contributed by atoms with Crippen LogP contribution in [0.25, 0.3) is 15.8 Å². The zero-order chi connectivity index (χ0) is 7.68. The van der Waals surface area contributed by atoms with Crippen LogP contribution in [0.15, 0.2) is 29.0 Å². The van der Waals surface area contributed by atoms with Crippen molar-refractivity contribution in [3.05, 3.63) is 36.0 Å². The van der Waals surface area contributed by atoms with Gasteiger partial charge in [-0.2, -0.15) is 0 Å². The van der Waals surface area contributed by atoms with Gasteiger partial charge in [0.1, 0.15) is 11.8 Å². The van der Waals surface area contributed by atoms with Gasteiger partial charge in [-0.15, -0.1) is 4.98 Å². The number of furan rings is 1. The van der Waals surface area contributed by atoms with Crippen molar-refractivity contribution in [3.63, 3.8) is 0 Å². The Morgan fingerprint density at radius 2 is 2.45 bits per heavy atom. The van der Waals surface area contributed by atoms with E-state index in [0.29, 0.717) is 11.4 Å². The van der Waals surface area contributed by atoms with Gasteiger partial charge in [0.05, 0.1) is 11.6 Å². The highest BCUT2D eigenvalue weighted by Gasteiger charge is 1.99. The first kappa shape index (κ1) is 5.93. The maximum Gasteiger partial charge on any atom is 0.273 e. The molecule has 0 N–H and O–H groups in total. The topological polar surface area (TPSA) is 30.4 Å². The van der Waals surface area contributed by atoms with Crippen LogP contribution >= 0.6 is 0 Å². The van der Waals surface area contributed by atoms with Crippen LogP contribution < -0.4 is 0 Å². The van der Waals surface area contributed by atoms with E-state index >= 15 is 0 Å². The van der Waals surface area contributed by atoms with Gasteiger partial charge in [0.25, 0.3) is 5.82 Å². The van der Waals surface area contributed by atoms with Gasteiger partial charge in [-0.3, -0.25) is 0 Å². The van der Waals surface area contributed by atoms with Crippen molar-refractivity contribution < 1.29 is 4.42 Å². The van der Waals surface area contributed by atoms with Gasteiger partial charge >= 0.3 is 0 Å². The molecule has 0 aliphatic carbocycles. The predicted molar refractivity (Wildman–Crippen MR) is 40.3 cm³/mol. The van der Waals surface area contributed by atoms with Crippen LogP contribution in [-0.4, -0.2) is 4.98 Å². The van der Waals surface area contributed by atoms with E-state index in [1.54, 1.807) is 18.5 Å². The second kappa shape index (κ2) is 2.10. The highest BCUT2D eigenvalue weighted by atomic mass is 16.3. The number of hydrogen-bond donors (Lipinski definition) is 0. The van der Waals surface area contributed by atoms with Crippen molar-refractivity contribution in [3.8, 4) is 0 Å². The van der Waals surface area contributed by atoms with Gasteiger partial charge in [-0.1, -0.05) is 6.57 Å². The number of nitrogens with zero attached hydrogens (tertiary/aromatic N) is 2. The Hall–Kier alpha value is -1.82. The minimum Gasteiger partial charge on any atom is -0.465 e. The Labute approximate surface area is 63.1 Å². The molecule has 52 valence electrons. The minimum atomic E-state index is 0.368. The molecule has 0 spiro atoms. The van der Waals surface area contributed by atoms with Crippen LogP contribution in [0.4, 0.5) is 5.82 Å². The Bertz CT molecular complexity index is 425. The largest absolute Gasteiger partial charge is 0.465 e. The summed E-state index contributed by atoms with van der Waals surface area (Å²) < 4.78 is 5.08. The maximum absolute atomic E-state index is 6.69. The van der Waals surface area contributed by atoms with E-state index in [1.807, 2.05) is 6.07 Å². The summed E-state index contributed by atoms with van der Waals surface area (Å²) >= 11 is 0. The summed E-state index contributed by atoms with van der Waals surface area (Å²) in [4.78, 5) is 7.06. The molecular formula is C8H4N2O. The Morgan fingerprint density at radius 3 is 3.27 bits per heavy atom. The van der Waals surface area contributed by atoms with Crippen LogP contribution in [0.3, 0.4) is 0 Å². The second-order valence-electron chi connectivity index (χ2n) is 2.11. The molecular weight excluding hydrogens is 140 g/mol. The second-order valence-corrected chi connectivity index (χ2v) is 2.11. The quantitative estimate of drug-likeness (QED) is 0.531. The Balaban J connectivity index is 2.79. The van der Waals surface area contributed by atoms with E-state index in [1.165, 1.54) is 0 Å². The Kier molecular flexibility index (Phi) is 1.13. The number of hydrogen-bond acceptors (Lipinski definition) is 2. The molecule has 2 heterocycles. The van der Waals surface area contributed by atoms with Gasteiger partial charge in [0.15, 0.2) is 0 Å². The fourth-order valence-electron chi connectivity index (χ4n) is 0.906. The average molecular weight is 144 g/mol. The van der Waals surface area contributed by atoms with Crippen molar-refractivity contribution >= 4 is 16.8 Å². The Morgan fingerprint density at radius 1 is 1.55 bits per heavy atom. The zero-order valence-electron chi connectivity index (χ0n) is 5.61. The van der Waals surface area contributed by atoms with E-state index in [0.717, 1.165) is 5.39 Å². The lowest BCUT2D eigenvalue weighted by Gasteiger charge is -1.85. The maximum atomic E-state index is 6.69. The van der Waals surface area contributed by atoms with E-state index in [4.69, 9.17) is 11.0 Å². The molecule has 0 atom stereocenters. The lowest BCUT2D eigenvalue weighted by Crippen LogP contribution is -1.69. The van der Waals surface area contributed by atoms with Crippen LogP contribution in [0.1, 0.15) is 0 Å². The van der Waals surface area contributed by atoms with E-state index < -0.39 is 0 Å². The van der Waals surface area contributed by atoms with Gasteiger partial charge < -0.3 is 9.26 Å². The molecule has 0 saturated heterocycles. The van der Waals surface area contributed by atoms with Crippen molar-refractivity contribution in [2.24, 2.45) is 0 Å². The first-order valence-corrected chi connectivity index (χ1v) is 3.11. The van der Waals surface area contributed by atoms with Crippen LogP contribution in [-0.2, 0) is 0 Å². The minimum absolute atomic E-state index is 0.368. The smallest absolute Gasteiger partial charge is 0.273 e. The molecule has 11 heavy (non-hydrogen) atoms. The van der Waals surface area contributed by atoms with Gasteiger partial charge in [0.2, 0.25) is 0 Å². The van der Waals surface area contributed by atoms with Crippen LogP contribution in [0.2, 0.25) is 0 Å². The standard InChI is InChI=1S/C8H4N2O/c1-9-8-4-7-6(5-10-8)2-3-11-7/h2-5H. The summed E-state index contributed by atoms with van der Waals surface area (Å²) in [5.41, 5.74) is 0.714. The molecule has 0 unspecified atom stereocenters. The predicted octanol–water partition coefficient (Wildman–Crippen LogP) is 2.38. The first-order valence-electron chi connectivity index (χ1n) is 3.11. The van der Waals surface area contributed by atoms with Crippen molar-refractivity contribution in [1.82, 2.24) is 4.98 Å². The zero-order valence-corrected chi connectivity index (χ0v) is 5.61. The van der Waals surface area contributed by atoms with Crippen molar-refractivity contribution in [2.45, 2.75) is 0 Å². The molecule has 2 rings (SSSR count). The number of aromatic nitrogens is 1. The molecule has 3 heteroatoms. The first-order chi connectivity index (χ1) is 5.40. The third-order valence-corrected chi connectivity index (χ3v) is 1.44. The number of pyridine rings is 1. The molecule has 0 fully saturated rings. The lowest BCUT2D eigenvalue weighted by atomic mass is 10.3. The third kappa shape index (κ3) is 0.849. The van der Waals surface area contributed by atoms with Gasteiger partial charge in [-0.05, 0) is 6.07 Å². The molecule has 0 aliphatic heterocycles. The summed E-state index contributed by atoms with van der Waals surface area (Å²) in [5.74, 6) is 0.368. The van der Waals surface area contributed by atoms with Crippen molar-refractivity contribution in [1.29, 1.82) is 0 Å². The molecule has 0 radical (unpaired) electrons. The molecule has 2 aromatic heterocycles. The molecule has 3 nitrogen and oxygen atoms in total. The summed E-state index contributed by atoms with van der Waals surface area (Å²) in [6.45, 7) is 6.69. The molecule has 0 amide bonds. The van der Waals surface area contributed by atoms with Crippen LogP contribution in [0.5, 0.6) is 0 Å². The monoisotopic (exact) mass is 144 g/mol. The lowest BCUT2D eigenvalue weighted by molar-refractivity contribution is 0.616. The van der Waals surface area contributed by atoms with Crippen molar-refractivity contribution in [2.75, 3.05) is 0 Å². The average Bonchev–Trinajstić information content (AvgIpc) is 2.50. The third-order valence-electron chi connectivity index (χ3n) is 1.44. The molecule has 2 aromatic rings. The molecule has 0 saturated carbocycles. The number of fused-ring (bicyclic) bond motifs is 1. The fourth-order valence-corrected chi connectivity index (χ4v) is 0.906. The normalized spacial score (nSPS) is 9.73. The number of rotatable bonds is 0. The SMILES string of the molecule is [C-]#[N+]c1cc2occc2cn1. The summed E-state index contributed by atoms with van der Waals surface area (Å²) in [7, 11) is 0. The highest BCUT2D eigenvalue weighted by Crippen LogP contribution is 2.18. The molecule has 0 aliphatic rings. The molecule has 0 aromatic carbocycles. The van der Waals surface area contributed by atoms with E-state index in [9.17, 15) is 0 Å². The van der Waals surface area contributed by atoms with Gasteiger partial charge in [-0.25, -0.2) is 0 Å². The summed E-state index contributed by atoms with van der Waals surface area (Å²) in [6, 6.07) is 3.44.